The molecule has 6 rings (SSSR count). The van der Waals surface area contributed by atoms with Crippen molar-refractivity contribution in [2.24, 2.45) is 0 Å². The zero-order valence-electron chi connectivity index (χ0n) is 18.2. The van der Waals surface area contributed by atoms with Gasteiger partial charge in [-0.15, -0.1) is 10.2 Å². The van der Waals surface area contributed by atoms with Crippen molar-refractivity contribution in [3.05, 3.63) is 36.7 Å². The largest absolute Gasteiger partial charge is 0.408 e. The van der Waals surface area contributed by atoms with E-state index in [9.17, 15) is 13.2 Å². The molecule has 12 heteroatoms. The Hall–Kier alpha value is -3.25. The highest BCUT2D eigenvalue weighted by Crippen LogP contribution is 2.29. The van der Waals surface area contributed by atoms with Gasteiger partial charge in [-0.25, -0.2) is 14.2 Å². The number of fused-ring (bicyclic) bond motifs is 2. The molecule has 0 bridgehead atoms. The highest BCUT2D eigenvalue weighted by Gasteiger charge is 2.30. The number of halogens is 3. The number of hydrogen-bond donors (Lipinski definition) is 1. The predicted octanol–water partition coefficient (Wildman–Crippen LogP) is 2.98. The van der Waals surface area contributed by atoms with Gasteiger partial charge in [0.25, 0.3) is 0 Å². The average Bonchev–Trinajstić information content (AvgIpc) is 3.36. The van der Waals surface area contributed by atoms with Crippen molar-refractivity contribution in [1.82, 2.24) is 34.5 Å². The summed E-state index contributed by atoms with van der Waals surface area (Å²) in [4.78, 5) is 6.99. The van der Waals surface area contributed by atoms with Crippen molar-refractivity contribution >= 4 is 22.5 Å². The smallest absolute Gasteiger partial charge is 0.378 e. The van der Waals surface area contributed by atoms with E-state index in [0.717, 1.165) is 60.5 Å². The van der Waals surface area contributed by atoms with Crippen LogP contribution < -0.4 is 5.32 Å². The lowest BCUT2D eigenvalue weighted by molar-refractivity contribution is -0.142. The van der Waals surface area contributed by atoms with Crippen LogP contribution in [0.25, 0.3) is 27.7 Å². The van der Waals surface area contributed by atoms with Crippen LogP contribution in [-0.2, 0) is 11.3 Å². The zero-order valence-corrected chi connectivity index (χ0v) is 18.2. The van der Waals surface area contributed by atoms with E-state index in [1.54, 1.807) is 22.8 Å². The summed E-state index contributed by atoms with van der Waals surface area (Å²) in [5, 5.41) is 15.5. The normalized spacial score (nSPS) is 18.6. The number of hydrogen-bond acceptors (Lipinski definition) is 7. The SMILES string of the molecule is FC(F)(F)Cn1nnc2ccc(-c3ccn4nc(NC5CCN(C6COC6)CC5)ncc34)cc21. The van der Waals surface area contributed by atoms with Gasteiger partial charge in [0.05, 0.1) is 36.5 Å². The predicted molar refractivity (Wildman–Crippen MR) is 118 cm³/mol. The Kier molecular flexibility index (Phi) is 5.14. The van der Waals surface area contributed by atoms with E-state index in [0.29, 0.717) is 29.1 Å². The van der Waals surface area contributed by atoms with E-state index in [-0.39, 0.29) is 0 Å². The number of anilines is 1. The molecule has 0 amide bonds. The fourth-order valence-corrected chi connectivity index (χ4v) is 4.66. The first-order chi connectivity index (χ1) is 16.4. The summed E-state index contributed by atoms with van der Waals surface area (Å²) in [6.45, 7) is 2.55. The van der Waals surface area contributed by atoms with Gasteiger partial charge in [0.15, 0.2) is 0 Å². The van der Waals surface area contributed by atoms with E-state index in [1.807, 2.05) is 18.3 Å². The number of nitrogens with one attached hydrogen (secondary N) is 1. The van der Waals surface area contributed by atoms with Crippen molar-refractivity contribution in [3.8, 4) is 11.1 Å². The van der Waals surface area contributed by atoms with E-state index >= 15 is 0 Å². The minimum Gasteiger partial charge on any atom is -0.378 e. The number of benzene rings is 1. The molecule has 4 aromatic rings. The summed E-state index contributed by atoms with van der Waals surface area (Å²) in [5.74, 6) is 0.558. The van der Waals surface area contributed by atoms with Crippen LogP contribution in [0.15, 0.2) is 36.7 Å². The summed E-state index contributed by atoms with van der Waals surface area (Å²) >= 11 is 0. The summed E-state index contributed by atoms with van der Waals surface area (Å²) in [7, 11) is 0. The Labute approximate surface area is 192 Å². The monoisotopic (exact) mass is 472 g/mol. The Morgan fingerprint density at radius 1 is 1.09 bits per heavy atom. The maximum Gasteiger partial charge on any atom is 0.408 e. The van der Waals surface area contributed by atoms with E-state index in [1.165, 1.54) is 0 Å². The van der Waals surface area contributed by atoms with Gasteiger partial charge in [0.2, 0.25) is 5.95 Å². The van der Waals surface area contributed by atoms with Crippen LogP contribution in [-0.4, -0.2) is 79.1 Å². The quantitative estimate of drug-likeness (QED) is 0.478. The van der Waals surface area contributed by atoms with Crippen molar-refractivity contribution in [2.45, 2.75) is 37.6 Å². The van der Waals surface area contributed by atoms with Gasteiger partial charge >= 0.3 is 6.18 Å². The maximum atomic E-state index is 12.9. The molecule has 0 unspecified atom stereocenters. The lowest BCUT2D eigenvalue weighted by atomic mass is 10.0. The second kappa shape index (κ2) is 8.20. The Balaban J connectivity index is 1.21. The molecule has 3 aromatic heterocycles. The molecule has 0 aliphatic carbocycles. The zero-order chi connectivity index (χ0) is 23.3. The molecule has 1 N–H and O–H groups in total. The molecule has 0 atom stereocenters. The highest BCUT2D eigenvalue weighted by atomic mass is 19.4. The number of ether oxygens (including phenoxy) is 1. The average molecular weight is 472 g/mol. The number of piperidine rings is 1. The van der Waals surface area contributed by atoms with Gasteiger partial charge in [-0.2, -0.15) is 13.2 Å². The van der Waals surface area contributed by atoms with Crippen molar-refractivity contribution < 1.29 is 17.9 Å². The minimum absolute atomic E-state index is 0.313. The maximum absolute atomic E-state index is 12.9. The third kappa shape index (κ3) is 4.07. The summed E-state index contributed by atoms with van der Waals surface area (Å²) in [6, 6.07) is 7.92. The summed E-state index contributed by atoms with van der Waals surface area (Å²) in [5.41, 5.74) is 3.07. The van der Waals surface area contributed by atoms with Gasteiger partial charge < -0.3 is 10.1 Å². The molecule has 2 aliphatic rings. The Morgan fingerprint density at radius 2 is 1.91 bits per heavy atom. The van der Waals surface area contributed by atoms with Gasteiger partial charge in [-0.1, -0.05) is 11.3 Å². The van der Waals surface area contributed by atoms with Crippen LogP contribution in [0.4, 0.5) is 19.1 Å². The molecule has 0 spiro atoms. The third-order valence-electron chi connectivity index (χ3n) is 6.57. The molecular formula is C22H23F3N8O. The van der Waals surface area contributed by atoms with Gasteiger partial charge in [0, 0.05) is 30.9 Å². The number of alkyl halides is 3. The molecule has 2 saturated heterocycles. The molecular weight excluding hydrogens is 449 g/mol. The first-order valence-corrected chi connectivity index (χ1v) is 11.3. The lowest BCUT2D eigenvalue weighted by Gasteiger charge is -2.41. The van der Waals surface area contributed by atoms with Gasteiger partial charge in [-0.05, 0) is 36.6 Å². The fraction of sp³-hybridized carbons (Fsp3) is 0.455. The third-order valence-corrected chi connectivity index (χ3v) is 6.57. The molecule has 0 radical (unpaired) electrons. The topological polar surface area (TPSA) is 85.4 Å². The van der Waals surface area contributed by atoms with Crippen LogP contribution in [0, 0.1) is 0 Å². The molecule has 2 fully saturated rings. The minimum atomic E-state index is -4.38. The second-order valence-electron chi connectivity index (χ2n) is 8.85. The summed E-state index contributed by atoms with van der Waals surface area (Å²) < 4.78 is 46.6. The molecule has 9 nitrogen and oxygen atoms in total. The van der Waals surface area contributed by atoms with Crippen molar-refractivity contribution in [2.75, 3.05) is 31.6 Å². The number of nitrogens with zero attached hydrogens (tertiary/aromatic N) is 7. The van der Waals surface area contributed by atoms with Gasteiger partial charge in [0.1, 0.15) is 12.1 Å². The van der Waals surface area contributed by atoms with E-state index in [4.69, 9.17) is 4.74 Å². The summed E-state index contributed by atoms with van der Waals surface area (Å²) in [6.07, 6.45) is 1.23. The van der Waals surface area contributed by atoms with Gasteiger partial charge in [-0.3, -0.25) is 4.90 Å². The van der Waals surface area contributed by atoms with Crippen LogP contribution >= 0.6 is 0 Å². The van der Waals surface area contributed by atoms with Crippen LogP contribution in [0.5, 0.6) is 0 Å². The number of likely N-dealkylation sites (tertiary alicyclic amines) is 1. The molecule has 2 aliphatic heterocycles. The van der Waals surface area contributed by atoms with Crippen LogP contribution in [0.3, 0.4) is 0 Å². The van der Waals surface area contributed by atoms with Crippen molar-refractivity contribution in [3.63, 3.8) is 0 Å². The molecule has 178 valence electrons. The second-order valence-corrected chi connectivity index (χ2v) is 8.85. The molecule has 5 heterocycles. The fourth-order valence-electron chi connectivity index (χ4n) is 4.66. The molecule has 1 aromatic carbocycles. The highest BCUT2D eigenvalue weighted by molar-refractivity contribution is 5.87. The standard InChI is InChI=1S/C22H23F3N8O/c23-22(24,25)13-33-19-9-14(1-2-18(19)28-30-33)17-5-8-32-20(17)10-26-21(29-32)27-15-3-6-31(7-4-15)16-11-34-12-16/h1-2,5,8-10,15-16H,3-4,6-7,11-13H2,(H,27,29). The Bertz CT molecular complexity index is 1320. The molecule has 0 saturated carbocycles. The molecule has 34 heavy (non-hydrogen) atoms. The number of aromatic nitrogens is 6. The number of rotatable bonds is 5. The first-order valence-electron chi connectivity index (χ1n) is 11.3. The Morgan fingerprint density at radius 3 is 2.65 bits per heavy atom. The van der Waals surface area contributed by atoms with Crippen LogP contribution in [0.1, 0.15) is 12.8 Å². The van der Waals surface area contributed by atoms with Crippen molar-refractivity contribution in [1.29, 1.82) is 0 Å². The van der Waals surface area contributed by atoms with E-state index in [2.05, 4.69) is 30.6 Å². The van der Waals surface area contributed by atoms with E-state index < -0.39 is 12.7 Å². The van der Waals surface area contributed by atoms with Crippen LogP contribution in [0.2, 0.25) is 0 Å². The lowest BCUT2D eigenvalue weighted by Crippen LogP contribution is -2.53. The first kappa shape index (κ1) is 21.3.